The summed E-state index contributed by atoms with van der Waals surface area (Å²) in [6.07, 6.45) is 3.49. The Morgan fingerprint density at radius 2 is 2.19 bits per heavy atom. The van der Waals surface area contributed by atoms with E-state index in [1.165, 1.54) is 17.7 Å². The molecule has 1 aliphatic heterocycles. The first-order chi connectivity index (χ1) is 7.59. The largest absolute Gasteiger partial charge is 0.480 e. The van der Waals surface area contributed by atoms with Crippen LogP contribution in [0.25, 0.3) is 0 Å². The van der Waals surface area contributed by atoms with Crippen LogP contribution in [0.5, 0.6) is 0 Å². The molecule has 1 saturated carbocycles. The summed E-state index contributed by atoms with van der Waals surface area (Å²) in [5.74, 6) is 0.00421. The highest BCUT2D eigenvalue weighted by atomic mass is 16.4. The maximum Gasteiger partial charge on any atom is 0.323 e. The fourth-order valence-corrected chi connectivity index (χ4v) is 2.98. The SMILES string of the molecule is CN(CC(=O)O)C(=O)C1NCC2CCCC21. The van der Waals surface area contributed by atoms with Crippen molar-refractivity contribution in [2.75, 3.05) is 20.1 Å². The number of aliphatic carboxylic acids is 1. The van der Waals surface area contributed by atoms with Crippen molar-refractivity contribution in [2.24, 2.45) is 11.8 Å². The van der Waals surface area contributed by atoms with Crippen LogP contribution in [0, 0.1) is 11.8 Å². The van der Waals surface area contributed by atoms with Gasteiger partial charge in [-0.05, 0) is 31.2 Å². The molecule has 0 radical (unpaired) electrons. The van der Waals surface area contributed by atoms with Crippen molar-refractivity contribution in [1.82, 2.24) is 10.2 Å². The van der Waals surface area contributed by atoms with Crippen LogP contribution in [-0.2, 0) is 9.59 Å². The Labute approximate surface area is 94.8 Å². The Morgan fingerprint density at radius 1 is 1.44 bits per heavy atom. The van der Waals surface area contributed by atoms with E-state index in [1.807, 2.05) is 0 Å². The number of nitrogens with one attached hydrogen (secondary N) is 1. The van der Waals surface area contributed by atoms with Crippen molar-refractivity contribution in [1.29, 1.82) is 0 Å². The molecule has 0 aromatic heterocycles. The molecule has 3 unspecified atom stereocenters. The van der Waals surface area contributed by atoms with Gasteiger partial charge in [0.2, 0.25) is 5.91 Å². The third kappa shape index (κ3) is 2.04. The summed E-state index contributed by atoms with van der Waals surface area (Å²) >= 11 is 0. The minimum atomic E-state index is -0.961. The van der Waals surface area contributed by atoms with Gasteiger partial charge in [0, 0.05) is 7.05 Å². The van der Waals surface area contributed by atoms with Crippen LogP contribution in [0.4, 0.5) is 0 Å². The van der Waals surface area contributed by atoms with E-state index in [-0.39, 0.29) is 18.5 Å². The molecule has 1 amide bonds. The van der Waals surface area contributed by atoms with Crippen molar-refractivity contribution < 1.29 is 14.7 Å². The highest BCUT2D eigenvalue weighted by Gasteiger charge is 2.43. The maximum absolute atomic E-state index is 12.0. The van der Waals surface area contributed by atoms with Crippen LogP contribution in [0.1, 0.15) is 19.3 Å². The molecular formula is C11H18N2O3. The number of rotatable bonds is 3. The Bertz CT molecular complexity index is 306. The molecule has 2 rings (SSSR count). The fraction of sp³-hybridized carbons (Fsp3) is 0.818. The van der Waals surface area contributed by atoms with E-state index >= 15 is 0 Å². The van der Waals surface area contributed by atoms with E-state index in [4.69, 9.17) is 5.11 Å². The number of nitrogens with zero attached hydrogens (tertiary/aromatic N) is 1. The van der Waals surface area contributed by atoms with Gasteiger partial charge in [-0.3, -0.25) is 9.59 Å². The van der Waals surface area contributed by atoms with Crippen molar-refractivity contribution in [3.63, 3.8) is 0 Å². The average Bonchev–Trinajstić information content (AvgIpc) is 2.75. The Kier molecular flexibility index (Phi) is 3.14. The third-order valence-electron chi connectivity index (χ3n) is 3.76. The quantitative estimate of drug-likeness (QED) is 0.706. The van der Waals surface area contributed by atoms with E-state index in [1.54, 1.807) is 7.05 Å². The molecule has 1 heterocycles. The average molecular weight is 226 g/mol. The van der Waals surface area contributed by atoms with Crippen molar-refractivity contribution >= 4 is 11.9 Å². The van der Waals surface area contributed by atoms with Gasteiger partial charge < -0.3 is 15.3 Å². The second kappa shape index (κ2) is 4.41. The summed E-state index contributed by atoms with van der Waals surface area (Å²) < 4.78 is 0. The predicted molar refractivity (Wildman–Crippen MR) is 57.9 cm³/mol. The topological polar surface area (TPSA) is 69.6 Å². The summed E-state index contributed by atoms with van der Waals surface area (Å²) in [5, 5.41) is 11.9. The second-order valence-electron chi connectivity index (χ2n) is 4.83. The standard InChI is InChI=1S/C11H18N2O3/c1-13(6-9(14)15)11(16)10-8-4-2-3-7(8)5-12-10/h7-8,10,12H,2-6H2,1H3,(H,14,15). The molecule has 0 spiro atoms. The number of hydrogen-bond acceptors (Lipinski definition) is 3. The minimum Gasteiger partial charge on any atom is -0.480 e. The van der Waals surface area contributed by atoms with E-state index in [0.717, 1.165) is 13.0 Å². The molecule has 1 aliphatic carbocycles. The number of likely N-dealkylation sites (N-methyl/N-ethyl adjacent to an activating group) is 1. The minimum absolute atomic E-state index is 0.0724. The molecule has 5 heteroatoms. The van der Waals surface area contributed by atoms with Gasteiger partial charge in [-0.25, -0.2) is 0 Å². The van der Waals surface area contributed by atoms with E-state index in [2.05, 4.69) is 5.32 Å². The normalized spacial score (nSPS) is 32.4. The lowest BCUT2D eigenvalue weighted by molar-refractivity contribution is -0.144. The van der Waals surface area contributed by atoms with E-state index in [0.29, 0.717) is 11.8 Å². The first-order valence-corrected chi connectivity index (χ1v) is 5.79. The Morgan fingerprint density at radius 3 is 2.88 bits per heavy atom. The molecule has 2 aliphatic rings. The van der Waals surface area contributed by atoms with E-state index in [9.17, 15) is 9.59 Å². The molecule has 3 atom stereocenters. The first-order valence-electron chi connectivity index (χ1n) is 5.79. The van der Waals surface area contributed by atoms with Crippen LogP contribution in [0.3, 0.4) is 0 Å². The lowest BCUT2D eigenvalue weighted by atomic mass is 9.93. The maximum atomic E-state index is 12.0. The lowest BCUT2D eigenvalue weighted by Crippen LogP contribution is -2.46. The van der Waals surface area contributed by atoms with Crippen LogP contribution in [0.2, 0.25) is 0 Å². The zero-order valence-electron chi connectivity index (χ0n) is 9.48. The number of hydrogen-bond donors (Lipinski definition) is 2. The number of fused-ring (bicyclic) bond motifs is 1. The van der Waals surface area contributed by atoms with Crippen molar-refractivity contribution in [3.8, 4) is 0 Å². The van der Waals surface area contributed by atoms with Crippen LogP contribution >= 0.6 is 0 Å². The third-order valence-corrected chi connectivity index (χ3v) is 3.76. The highest BCUT2D eigenvalue weighted by molar-refractivity contribution is 5.85. The summed E-state index contributed by atoms with van der Waals surface area (Å²) in [6.45, 7) is 0.691. The van der Waals surface area contributed by atoms with Gasteiger partial charge in [-0.15, -0.1) is 0 Å². The molecule has 0 aromatic carbocycles. The molecule has 90 valence electrons. The van der Waals surface area contributed by atoms with Crippen LogP contribution < -0.4 is 5.32 Å². The van der Waals surface area contributed by atoms with Gasteiger partial charge in [0.05, 0.1) is 6.04 Å². The number of carbonyl (C=O) groups is 2. The summed E-state index contributed by atoms with van der Waals surface area (Å²) in [6, 6.07) is -0.156. The van der Waals surface area contributed by atoms with Gasteiger partial charge >= 0.3 is 5.97 Å². The Balaban J connectivity index is 1.96. The number of carboxylic acids is 1. The summed E-state index contributed by atoms with van der Waals surface area (Å²) in [4.78, 5) is 23.9. The molecule has 2 N–H and O–H groups in total. The molecule has 16 heavy (non-hydrogen) atoms. The number of carboxylic acid groups (broad SMARTS) is 1. The van der Waals surface area contributed by atoms with Crippen molar-refractivity contribution in [2.45, 2.75) is 25.3 Å². The van der Waals surface area contributed by atoms with Crippen LogP contribution in [0.15, 0.2) is 0 Å². The lowest BCUT2D eigenvalue weighted by Gasteiger charge is -2.23. The predicted octanol–water partition coefficient (Wildman–Crippen LogP) is -0.0825. The van der Waals surface area contributed by atoms with Gasteiger partial charge in [-0.1, -0.05) is 6.42 Å². The zero-order chi connectivity index (χ0) is 11.7. The monoisotopic (exact) mass is 226 g/mol. The fourth-order valence-electron chi connectivity index (χ4n) is 2.98. The molecular weight excluding hydrogens is 208 g/mol. The van der Waals surface area contributed by atoms with E-state index < -0.39 is 5.97 Å². The number of amides is 1. The zero-order valence-corrected chi connectivity index (χ0v) is 9.48. The van der Waals surface area contributed by atoms with Gasteiger partial charge in [0.15, 0.2) is 0 Å². The van der Waals surface area contributed by atoms with Crippen LogP contribution in [-0.4, -0.2) is 48.1 Å². The molecule has 0 bridgehead atoms. The highest BCUT2D eigenvalue weighted by Crippen LogP contribution is 2.38. The smallest absolute Gasteiger partial charge is 0.323 e. The number of carbonyl (C=O) groups excluding carboxylic acids is 1. The van der Waals surface area contributed by atoms with Crippen molar-refractivity contribution in [3.05, 3.63) is 0 Å². The second-order valence-corrected chi connectivity index (χ2v) is 4.83. The Hall–Kier alpha value is -1.10. The molecule has 2 fully saturated rings. The summed E-state index contributed by atoms with van der Waals surface area (Å²) in [7, 11) is 1.56. The first kappa shape index (κ1) is 11.4. The summed E-state index contributed by atoms with van der Waals surface area (Å²) in [5.41, 5.74) is 0. The molecule has 5 nitrogen and oxygen atoms in total. The van der Waals surface area contributed by atoms with Gasteiger partial charge in [0.25, 0.3) is 0 Å². The molecule has 1 saturated heterocycles. The van der Waals surface area contributed by atoms with Gasteiger partial charge in [0.1, 0.15) is 6.54 Å². The molecule has 0 aromatic rings. The van der Waals surface area contributed by atoms with Gasteiger partial charge in [-0.2, -0.15) is 0 Å².